The molecular formula is C23H19FO6S. The smallest absolute Gasteiger partial charge is 0.338 e. The molecule has 1 unspecified atom stereocenters. The molecule has 8 heteroatoms. The van der Waals surface area contributed by atoms with E-state index in [2.05, 4.69) is 0 Å². The largest absolute Gasteiger partial charge is 0.460 e. The van der Waals surface area contributed by atoms with Gasteiger partial charge in [0.25, 0.3) is 0 Å². The normalized spacial score (nSPS) is 15.6. The van der Waals surface area contributed by atoms with Gasteiger partial charge in [-0.05, 0) is 30.3 Å². The number of carbonyl (C=O) groups excluding carboxylic acids is 1. The van der Waals surface area contributed by atoms with Gasteiger partial charge in [0.1, 0.15) is 18.2 Å². The number of carbonyl (C=O) groups is 1. The predicted molar refractivity (Wildman–Crippen MR) is 110 cm³/mol. The van der Waals surface area contributed by atoms with Gasteiger partial charge in [-0.25, -0.2) is 17.6 Å². The molecule has 31 heavy (non-hydrogen) atoms. The molecule has 0 spiro atoms. The molecule has 0 radical (unpaired) electrons. The van der Waals surface area contributed by atoms with Crippen molar-refractivity contribution in [3.8, 4) is 5.75 Å². The van der Waals surface area contributed by atoms with Crippen LogP contribution in [0.4, 0.5) is 4.39 Å². The topological polar surface area (TPSA) is 78.9 Å². The zero-order valence-corrected chi connectivity index (χ0v) is 17.4. The van der Waals surface area contributed by atoms with Gasteiger partial charge in [0.05, 0.1) is 17.1 Å². The third-order valence-corrected chi connectivity index (χ3v) is 5.86. The van der Waals surface area contributed by atoms with Crippen molar-refractivity contribution >= 4 is 15.8 Å². The van der Waals surface area contributed by atoms with Gasteiger partial charge in [0.15, 0.2) is 9.84 Å². The van der Waals surface area contributed by atoms with Gasteiger partial charge in [-0.2, -0.15) is 0 Å². The van der Waals surface area contributed by atoms with Crippen molar-refractivity contribution in [2.45, 2.75) is 24.4 Å². The second kappa shape index (κ2) is 8.49. The van der Waals surface area contributed by atoms with E-state index in [1.54, 1.807) is 0 Å². The number of fused-ring (bicyclic) bond motifs is 1. The highest BCUT2D eigenvalue weighted by Crippen LogP contribution is 2.37. The summed E-state index contributed by atoms with van der Waals surface area (Å²) in [5.74, 6) is -0.830. The molecule has 4 rings (SSSR count). The van der Waals surface area contributed by atoms with E-state index in [9.17, 15) is 17.6 Å². The van der Waals surface area contributed by atoms with Gasteiger partial charge in [0, 0.05) is 22.9 Å². The summed E-state index contributed by atoms with van der Waals surface area (Å²) in [5.41, 5.74) is 1.75. The second-order valence-corrected chi connectivity index (χ2v) is 9.12. The molecule has 0 amide bonds. The van der Waals surface area contributed by atoms with Crippen LogP contribution in [0.15, 0.2) is 71.6 Å². The van der Waals surface area contributed by atoms with Crippen LogP contribution in [0.2, 0.25) is 0 Å². The summed E-state index contributed by atoms with van der Waals surface area (Å²) in [5, 5.41) is 0. The van der Waals surface area contributed by atoms with Crippen molar-refractivity contribution in [1.29, 1.82) is 0 Å². The summed E-state index contributed by atoms with van der Waals surface area (Å²) in [6.07, 6.45) is 0.388. The molecule has 0 aromatic heterocycles. The van der Waals surface area contributed by atoms with Crippen LogP contribution >= 0.6 is 0 Å². The summed E-state index contributed by atoms with van der Waals surface area (Å²) in [6.45, 7) is -0.104. The van der Waals surface area contributed by atoms with E-state index in [0.29, 0.717) is 16.9 Å². The molecule has 0 aliphatic carbocycles. The monoisotopic (exact) mass is 442 g/mol. The van der Waals surface area contributed by atoms with Gasteiger partial charge >= 0.3 is 5.97 Å². The fraction of sp³-hybridized carbons (Fsp3) is 0.174. The van der Waals surface area contributed by atoms with E-state index in [1.807, 2.05) is 30.3 Å². The number of halogens is 1. The zero-order chi connectivity index (χ0) is 22.0. The second-order valence-electron chi connectivity index (χ2n) is 7.10. The third kappa shape index (κ3) is 4.76. The van der Waals surface area contributed by atoms with Crippen LogP contribution in [0.1, 0.15) is 33.3 Å². The molecule has 1 atom stereocenters. The minimum atomic E-state index is -3.47. The number of esters is 1. The first-order valence-electron chi connectivity index (χ1n) is 9.43. The molecule has 1 aliphatic rings. The Morgan fingerprint density at radius 3 is 2.61 bits per heavy atom. The van der Waals surface area contributed by atoms with Gasteiger partial charge in [-0.15, -0.1) is 0 Å². The first-order chi connectivity index (χ1) is 14.8. The number of hydrogen-bond acceptors (Lipinski definition) is 6. The lowest BCUT2D eigenvalue weighted by Gasteiger charge is -2.28. The highest BCUT2D eigenvalue weighted by Gasteiger charge is 2.26. The van der Waals surface area contributed by atoms with E-state index in [0.717, 1.165) is 11.8 Å². The molecule has 3 aromatic carbocycles. The SMILES string of the molecule is CS(=O)(=O)c1cccc(C(=O)OCc2cc(F)cc3c2OC(c2ccccc2)OC3)c1. The maximum atomic E-state index is 14.1. The highest BCUT2D eigenvalue weighted by molar-refractivity contribution is 7.90. The molecule has 0 N–H and O–H groups in total. The van der Waals surface area contributed by atoms with Crippen molar-refractivity contribution in [2.75, 3.05) is 6.26 Å². The first-order valence-corrected chi connectivity index (χ1v) is 11.3. The van der Waals surface area contributed by atoms with Gasteiger partial charge < -0.3 is 14.2 Å². The Kier molecular flexibility index (Phi) is 5.75. The minimum absolute atomic E-state index is 0.0104. The zero-order valence-electron chi connectivity index (χ0n) is 16.6. The minimum Gasteiger partial charge on any atom is -0.460 e. The first kappa shape index (κ1) is 21.0. The summed E-state index contributed by atoms with van der Waals surface area (Å²) >= 11 is 0. The van der Waals surface area contributed by atoms with Crippen LogP contribution in [-0.2, 0) is 32.5 Å². The molecule has 0 saturated heterocycles. The Balaban J connectivity index is 1.55. The molecule has 0 fully saturated rings. The summed E-state index contributed by atoms with van der Waals surface area (Å²) < 4.78 is 54.5. The number of benzene rings is 3. The molecule has 0 saturated carbocycles. The predicted octanol–water partition coefficient (Wildman–Crippen LogP) is 4.19. The Bertz CT molecular complexity index is 1220. The average molecular weight is 442 g/mol. The van der Waals surface area contributed by atoms with Crippen LogP contribution in [-0.4, -0.2) is 20.6 Å². The van der Waals surface area contributed by atoms with E-state index in [4.69, 9.17) is 14.2 Å². The maximum absolute atomic E-state index is 14.1. The lowest BCUT2D eigenvalue weighted by atomic mass is 10.1. The van der Waals surface area contributed by atoms with E-state index in [1.165, 1.54) is 36.4 Å². The molecule has 0 bridgehead atoms. The van der Waals surface area contributed by atoms with Gasteiger partial charge in [0.2, 0.25) is 6.29 Å². The van der Waals surface area contributed by atoms with Crippen LogP contribution in [0.25, 0.3) is 0 Å². The lowest BCUT2D eigenvalue weighted by molar-refractivity contribution is -0.112. The molecule has 1 heterocycles. The number of rotatable bonds is 5. The standard InChI is InChI=1S/C23H19FO6S/c1-31(26,27)20-9-5-8-16(12-20)22(25)28-13-17-10-19(24)11-18-14-29-23(30-21(17)18)15-6-3-2-4-7-15/h2-12,23H,13-14H2,1H3. The number of hydrogen-bond donors (Lipinski definition) is 0. The lowest BCUT2D eigenvalue weighted by Crippen LogP contribution is -2.20. The third-order valence-electron chi connectivity index (χ3n) is 4.75. The fourth-order valence-corrected chi connectivity index (χ4v) is 3.91. The summed E-state index contributed by atoms with van der Waals surface area (Å²) in [7, 11) is -3.47. The molecule has 1 aliphatic heterocycles. The quantitative estimate of drug-likeness (QED) is 0.551. The molecule has 3 aromatic rings. The van der Waals surface area contributed by atoms with E-state index in [-0.39, 0.29) is 23.7 Å². The van der Waals surface area contributed by atoms with Crippen molar-refractivity contribution in [3.63, 3.8) is 0 Å². The summed E-state index contributed by atoms with van der Waals surface area (Å²) in [4.78, 5) is 12.5. The van der Waals surface area contributed by atoms with Crippen LogP contribution in [0.5, 0.6) is 5.75 Å². The van der Waals surface area contributed by atoms with Crippen LogP contribution in [0, 0.1) is 5.82 Å². The van der Waals surface area contributed by atoms with Gasteiger partial charge in [-0.3, -0.25) is 0 Å². The highest BCUT2D eigenvalue weighted by atomic mass is 32.2. The van der Waals surface area contributed by atoms with Crippen LogP contribution < -0.4 is 4.74 Å². The van der Waals surface area contributed by atoms with Crippen LogP contribution in [0.3, 0.4) is 0 Å². The average Bonchev–Trinajstić information content (AvgIpc) is 2.77. The Hall–Kier alpha value is -3.23. The van der Waals surface area contributed by atoms with E-state index < -0.39 is 27.9 Å². The van der Waals surface area contributed by atoms with Crippen molar-refractivity contribution in [2.24, 2.45) is 0 Å². The number of sulfone groups is 1. The Labute approximate surface area is 179 Å². The Morgan fingerprint density at radius 2 is 1.87 bits per heavy atom. The number of ether oxygens (including phenoxy) is 3. The summed E-state index contributed by atoms with van der Waals surface area (Å²) in [6, 6.07) is 17.4. The van der Waals surface area contributed by atoms with Crippen molar-refractivity contribution < 1.29 is 31.8 Å². The molecular weight excluding hydrogens is 423 g/mol. The van der Waals surface area contributed by atoms with Gasteiger partial charge in [-0.1, -0.05) is 36.4 Å². The molecule has 6 nitrogen and oxygen atoms in total. The van der Waals surface area contributed by atoms with Crippen molar-refractivity contribution in [3.05, 3.63) is 94.8 Å². The molecule has 160 valence electrons. The Morgan fingerprint density at radius 1 is 1.10 bits per heavy atom. The van der Waals surface area contributed by atoms with E-state index >= 15 is 0 Å². The maximum Gasteiger partial charge on any atom is 0.338 e. The fourth-order valence-electron chi connectivity index (χ4n) is 3.24. The van der Waals surface area contributed by atoms with Crippen molar-refractivity contribution in [1.82, 2.24) is 0 Å².